The van der Waals surface area contributed by atoms with Gasteiger partial charge in [0, 0.05) is 27.9 Å². The number of anilines is 2. The summed E-state index contributed by atoms with van der Waals surface area (Å²) in [6.45, 7) is 0.159. The van der Waals surface area contributed by atoms with E-state index in [2.05, 4.69) is 16.0 Å². The van der Waals surface area contributed by atoms with E-state index < -0.39 is 11.8 Å². The van der Waals surface area contributed by atoms with E-state index in [1.165, 1.54) is 39.2 Å². The molecule has 4 aromatic carbocycles. The topological polar surface area (TPSA) is 133 Å². The van der Waals surface area contributed by atoms with Crippen LogP contribution in [0.15, 0.2) is 95.5 Å². The third-order valence-corrected chi connectivity index (χ3v) is 7.68. The monoisotopic (exact) mass is 641 g/mol. The van der Waals surface area contributed by atoms with Crippen LogP contribution in [0.2, 0.25) is 0 Å². The molecule has 0 fully saturated rings. The van der Waals surface area contributed by atoms with Crippen LogP contribution in [-0.4, -0.2) is 51.6 Å². The molecule has 0 saturated carbocycles. The molecule has 0 bridgehead atoms. The summed E-state index contributed by atoms with van der Waals surface area (Å²) in [5.41, 5.74) is 2.00. The Labute approximate surface area is 269 Å². The number of thioether (sulfide) groups is 1. The lowest BCUT2D eigenvalue weighted by Gasteiger charge is -2.15. The first-order valence-electron chi connectivity index (χ1n) is 14.0. The molecular formula is C34H31N3O8S. The summed E-state index contributed by atoms with van der Waals surface area (Å²) in [6, 6.07) is 24.1. The van der Waals surface area contributed by atoms with Crippen molar-refractivity contribution in [2.75, 3.05) is 44.5 Å². The van der Waals surface area contributed by atoms with Crippen molar-refractivity contribution >= 4 is 46.9 Å². The van der Waals surface area contributed by atoms with Crippen LogP contribution in [-0.2, 0) is 9.59 Å². The van der Waals surface area contributed by atoms with Crippen LogP contribution in [0.3, 0.4) is 0 Å². The van der Waals surface area contributed by atoms with Gasteiger partial charge in [0.15, 0.2) is 23.0 Å². The van der Waals surface area contributed by atoms with Gasteiger partial charge in [-0.25, -0.2) is 0 Å². The number of amides is 3. The molecule has 0 spiro atoms. The van der Waals surface area contributed by atoms with Gasteiger partial charge in [0.05, 0.1) is 27.1 Å². The summed E-state index contributed by atoms with van der Waals surface area (Å²) in [5, 5.41) is 8.39. The van der Waals surface area contributed by atoms with Gasteiger partial charge in [0.2, 0.25) is 18.4 Å². The molecule has 236 valence electrons. The van der Waals surface area contributed by atoms with Gasteiger partial charge < -0.3 is 39.6 Å². The maximum Gasteiger partial charge on any atom is 0.272 e. The fourth-order valence-corrected chi connectivity index (χ4v) is 5.15. The second-order valence-electron chi connectivity index (χ2n) is 9.72. The molecular weight excluding hydrogens is 610 g/mol. The molecule has 11 nitrogen and oxygen atoms in total. The van der Waals surface area contributed by atoms with E-state index in [9.17, 15) is 14.4 Å². The number of ether oxygens (including phenoxy) is 5. The van der Waals surface area contributed by atoms with Crippen LogP contribution in [0, 0.1) is 0 Å². The maximum atomic E-state index is 13.5. The molecule has 3 N–H and O–H groups in total. The van der Waals surface area contributed by atoms with Crippen molar-refractivity contribution < 1.29 is 38.1 Å². The first-order valence-corrected chi connectivity index (χ1v) is 15.0. The van der Waals surface area contributed by atoms with Gasteiger partial charge >= 0.3 is 0 Å². The minimum absolute atomic E-state index is 0.0123. The number of nitrogens with one attached hydrogen (secondary N) is 3. The molecule has 12 heteroatoms. The highest BCUT2D eigenvalue weighted by atomic mass is 32.2. The third-order valence-electron chi connectivity index (χ3n) is 6.67. The van der Waals surface area contributed by atoms with E-state index in [0.717, 1.165) is 4.90 Å². The Balaban J connectivity index is 1.27. The van der Waals surface area contributed by atoms with Gasteiger partial charge in [0.25, 0.3) is 11.8 Å². The highest BCUT2D eigenvalue weighted by Gasteiger charge is 2.18. The normalized spacial score (nSPS) is 11.8. The molecule has 5 rings (SSSR count). The Kier molecular flexibility index (Phi) is 10.3. The first kappa shape index (κ1) is 31.8. The molecule has 4 aromatic rings. The van der Waals surface area contributed by atoms with Crippen LogP contribution < -0.4 is 39.6 Å². The minimum atomic E-state index is -0.554. The number of fused-ring (bicyclic) bond motifs is 1. The number of carbonyl (C=O) groups is 3. The smallest absolute Gasteiger partial charge is 0.272 e. The molecule has 1 aliphatic rings. The van der Waals surface area contributed by atoms with Crippen molar-refractivity contribution in [2.24, 2.45) is 0 Å². The van der Waals surface area contributed by atoms with Crippen molar-refractivity contribution in [1.29, 1.82) is 0 Å². The number of hydrogen-bond acceptors (Lipinski definition) is 9. The number of benzene rings is 4. The van der Waals surface area contributed by atoms with E-state index in [0.29, 0.717) is 51.2 Å². The van der Waals surface area contributed by atoms with Crippen molar-refractivity contribution in [1.82, 2.24) is 5.32 Å². The second-order valence-corrected chi connectivity index (χ2v) is 10.8. The van der Waals surface area contributed by atoms with Crippen molar-refractivity contribution in [2.45, 2.75) is 4.90 Å². The fraction of sp³-hybridized carbons (Fsp3) is 0.147. The molecule has 46 heavy (non-hydrogen) atoms. The average molecular weight is 642 g/mol. The quantitative estimate of drug-likeness (QED) is 0.134. The summed E-state index contributed by atoms with van der Waals surface area (Å²) in [6.07, 6.45) is 1.52. The number of hydrogen-bond donors (Lipinski definition) is 3. The Hall–Kier alpha value is -5.62. The highest BCUT2D eigenvalue weighted by molar-refractivity contribution is 8.00. The zero-order valence-electron chi connectivity index (χ0n) is 25.2. The zero-order chi connectivity index (χ0) is 32.5. The molecule has 3 amide bonds. The molecule has 0 saturated heterocycles. The van der Waals surface area contributed by atoms with Gasteiger partial charge in [-0.2, -0.15) is 0 Å². The summed E-state index contributed by atoms with van der Waals surface area (Å²) in [4.78, 5) is 39.9. The van der Waals surface area contributed by atoms with Gasteiger partial charge in [-0.15, -0.1) is 11.8 Å². The molecule has 0 radical (unpaired) electrons. The van der Waals surface area contributed by atoms with Gasteiger partial charge in [-0.05, 0) is 72.3 Å². The molecule has 0 unspecified atom stereocenters. The van der Waals surface area contributed by atoms with Gasteiger partial charge in [-0.1, -0.05) is 18.2 Å². The van der Waals surface area contributed by atoms with E-state index in [-0.39, 0.29) is 24.2 Å². The van der Waals surface area contributed by atoms with E-state index >= 15 is 0 Å². The molecule has 0 aromatic heterocycles. The SMILES string of the molecule is COc1cc(/C=C(\NC(=O)c2ccccc2)C(=O)Nc2ccc(SCC(=O)Nc3ccc4c(c3)OCO4)cc2)cc(OC)c1OC. The Morgan fingerprint density at radius 3 is 2.13 bits per heavy atom. The summed E-state index contributed by atoms with van der Waals surface area (Å²) >= 11 is 1.34. The maximum absolute atomic E-state index is 13.5. The molecule has 0 aliphatic carbocycles. The standard InChI is InChI=1S/C34H31N3O8S/c1-41-29-16-21(17-30(42-2)32(29)43-3)15-26(37-33(39)22-7-5-4-6-8-22)34(40)36-23-9-12-25(13-10-23)46-19-31(38)35-24-11-14-27-28(18-24)45-20-44-27/h4-18H,19-20H2,1-3H3,(H,35,38)(H,36,40)(H,37,39)/b26-15-. The zero-order valence-corrected chi connectivity index (χ0v) is 26.1. The predicted molar refractivity (Wildman–Crippen MR) is 175 cm³/mol. The number of methoxy groups -OCH3 is 3. The van der Waals surface area contributed by atoms with Gasteiger partial charge in [0.1, 0.15) is 5.70 Å². The Bertz CT molecular complexity index is 1740. The minimum Gasteiger partial charge on any atom is -0.493 e. The largest absolute Gasteiger partial charge is 0.493 e. The molecule has 0 atom stereocenters. The third kappa shape index (κ3) is 7.90. The first-order chi connectivity index (χ1) is 22.4. The van der Waals surface area contributed by atoms with Crippen LogP contribution in [0.4, 0.5) is 11.4 Å². The average Bonchev–Trinajstić information content (AvgIpc) is 3.55. The van der Waals surface area contributed by atoms with Gasteiger partial charge in [-0.3, -0.25) is 14.4 Å². The lowest BCUT2D eigenvalue weighted by atomic mass is 10.1. The summed E-state index contributed by atoms with van der Waals surface area (Å²) in [5.74, 6) is 1.38. The lowest BCUT2D eigenvalue weighted by molar-refractivity contribution is -0.114. The summed E-state index contributed by atoms with van der Waals surface area (Å²) < 4.78 is 26.9. The van der Waals surface area contributed by atoms with E-state index in [1.54, 1.807) is 84.9 Å². The summed E-state index contributed by atoms with van der Waals surface area (Å²) in [7, 11) is 4.47. The van der Waals surface area contributed by atoms with E-state index in [4.69, 9.17) is 23.7 Å². The van der Waals surface area contributed by atoms with Crippen LogP contribution in [0.25, 0.3) is 6.08 Å². The second kappa shape index (κ2) is 14.9. The van der Waals surface area contributed by atoms with Crippen LogP contribution in [0.5, 0.6) is 28.7 Å². The van der Waals surface area contributed by atoms with Crippen LogP contribution >= 0.6 is 11.8 Å². The highest BCUT2D eigenvalue weighted by Crippen LogP contribution is 2.39. The fourth-order valence-electron chi connectivity index (χ4n) is 4.45. The molecule has 1 heterocycles. The Morgan fingerprint density at radius 1 is 0.783 bits per heavy atom. The van der Waals surface area contributed by atoms with Crippen molar-refractivity contribution in [3.8, 4) is 28.7 Å². The molecule has 1 aliphatic heterocycles. The number of rotatable bonds is 12. The number of carbonyl (C=O) groups excluding carboxylic acids is 3. The van der Waals surface area contributed by atoms with E-state index in [1.807, 2.05) is 0 Å². The van der Waals surface area contributed by atoms with Crippen molar-refractivity contribution in [3.63, 3.8) is 0 Å². The lowest BCUT2D eigenvalue weighted by Crippen LogP contribution is -2.30. The van der Waals surface area contributed by atoms with Crippen molar-refractivity contribution in [3.05, 3.63) is 102 Å². The predicted octanol–water partition coefficient (Wildman–Crippen LogP) is 5.58. The van der Waals surface area contributed by atoms with Crippen LogP contribution in [0.1, 0.15) is 15.9 Å². The Morgan fingerprint density at radius 2 is 1.46 bits per heavy atom.